The molecule has 1 heterocycles. The number of carbonyl (C=O) groups is 1. The summed E-state index contributed by atoms with van der Waals surface area (Å²) in [5.41, 5.74) is 2.44. The van der Waals surface area contributed by atoms with Crippen molar-refractivity contribution in [1.29, 1.82) is 0 Å². The number of fused-ring (bicyclic) bond motifs is 1. The van der Waals surface area contributed by atoms with Crippen molar-refractivity contribution in [3.05, 3.63) is 77.4 Å². The monoisotopic (exact) mass is 468 g/mol. The number of amides is 1. The van der Waals surface area contributed by atoms with E-state index < -0.39 is 15.9 Å². The molecular formula is C24H24N2O6S. The van der Waals surface area contributed by atoms with E-state index in [1.165, 1.54) is 25.3 Å². The number of methoxy groups -OCH3 is 1. The molecule has 3 aromatic carbocycles. The van der Waals surface area contributed by atoms with Crippen molar-refractivity contribution in [2.75, 3.05) is 25.0 Å². The third kappa shape index (κ3) is 5.20. The van der Waals surface area contributed by atoms with Crippen LogP contribution >= 0.6 is 0 Å². The Labute approximate surface area is 192 Å². The first-order chi connectivity index (χ1) is 15.9. The molecule has 0 saturated heterocycles. The third-order valence-corrected chi connectivity index (χ3v) is 6.48. The minimum Gasteiger partial charge on any atom is -0.495 e. The standard InChI is InChI=1S/C24H24N2O6S/c1-16-3-7-19(8-4-16)26-33(28,29)23-14-18(6-10-21(23)30-2)24(27)25-15-17-5-9-20-22(13-17)32-12-11-31-20/h3-10,13-14,26H,11-12,15H2,1-2H3,(H,25,27). The molecular weight excluding hydrogens is 444 g/mol. The van der Waals surface area contributed by atoms with Crippen LogP contribution in [0.4, 0.5) is 5.69 Å². The van der Waals surface area contributed by atoms with Crippen molar-refractivity contribution in [3.63, 3.8) is 0 Å². The van der Waals surface area contributed by atoms with Gasteiger partial charge in [0, 0.05) is 17.8 Å². The van der Waals surface area contributed by atoms with E-state index in [2.05, 4.69) is 10.0 Å². The number of hydrogen-bond donors (Lipinski definition) is 2. The van der Waals surface area contributed by atoms with Gasteiger partial charge < -0.3 is 19.5 Å². The highest BCUT2D eigenvalue weighted by atomic mass is 32.2. The number of ether oxygens (including phenoxy) is 3. The number of carbonyl (C=O) groups excluding carboxylic acids is 1. The first-order valence-electron chi connectivity index (χ1n) is 10.3. The Balaban J connectivity index is 1.51. The van der Waals surface area contributed by atoms with Crippen LogP contribution in [0.25, 0.3) is 0 Å². The van der Waals surface area contributed by atoms with Crippen LogP contribution in [-0.2, 0) is 16.6 Å². The first-order valence-corrected chi connectivity index (χ1v) is 11.8. The highest BCUT2D eigenvalue weighted by molar-refractivity contribution is 7.92. The van der Waals surface area contributed by atoms with Crippen LogP contribution in [0.2, 0.25) is 0 Å². The Morgan fingerprint density at radius 1 is 0.970 bits per heavy atom. The van der Waals surface area contributed by atoms with Gasteiger partial charge in [-0.3, -0.25) is 9.52 Å². The van der Waals surface area contributed by atoms with Crippen molar-refractivity contribution in [1.82, 2.24) is 5.32 Å². The molecule has 1 aliphatic rings. The van der Waals surface area contributed by atoms with Gasteiger partial charge in [0.1, 0.15) is 23.9 Å². The van der Waals surface area contributed by atoms with Gasteiger partial charge in [0.25, 0.3) is 15.9 Å². The summed E-state index contributed by atoms with van der Waals surface area (Å²) in [5.74, 6) is 1.02. The van der Waals surface area contributed by atoms with Gasteiger partial charge >= 0.3 is 0 Å². The van der Waals surface area contributed by atoms with E-state index in [1.54, 1.807) is 30.3 Å². The molecule has 8 nitrogen and oxygen atoms in total. The maximum absolute atomic E-state index is 13.0. The third-order valence-electron chi connectivity index (χ3n) is 5.08. The van der Waals surface area contributed by atoms with Gasteiger partial charge in [0.15, 0.2) is 11.5 Å². The fourth-order valence-corrected chi connectivity index (χ4v) is 4.60. The molecule has 3 aromatic rings. The highest BCUT2D eigenvalue weighted by Gasteiger charge is 2.22. The minimum absolute atomic E-state index is 0.127. The topological polar surface area (TPSA) is 103 Å². The molecule has 0 fully saturated rings. The molecule has 0 saturated carbocycles. The van der Waals surface area contributed by atoms with Gasteiger partial charge in [-0.15, -0.1) is 0 Å². The fourth-order valence-electron chi connectivity index (χ4n) is 3.34. The van der Waals surface area contributed by atoms with Crippen molar-refractivity contribution in [3.8, 4) is 17.2 Å². The second-order valence-corrected chi connectivity index (χ2v) is 9.15. The number of benzene rings is 3. The van der Waals surface area contributed by atoms with E-state index >= 15 is 0 Å². The Bertz CT molecular complexity index is 1270. The van der Waals surface area contributed by atoms with Crippen LogP contribution in [0.15, 0.2) is 65.6 Å². The van der Waals surface area contributed by atoms with Crippen LogP contribution in [0.5, 0.6) is 17.2 Å². The van der Waals surface area contributed by atoms with Crippen molar-refractivity contribution in [2.45, 2.75) is 18.4 Å². The first kappa shape index (κ1) is 22.5. The fraction of sp³-hybridized carbons (Fsp3) is 0.208. The molecule has 0 atom stereocenters. The molecule has 4 rings (SSSR count). The quantitative estimate of drug-likeness (QED) is 0.550. The number of nitrogens with one attached hydrogen (secondary N) is 2. The molecule has 2 N–H and O–H groups in total. The van der Waals surface area contributed by atoms with Gasteiger partial charge in [-0.1, -0.05) is 23.8 Å². The lowest BCUT2D eigenvalue weighted by molar-refractivity contribution is 0.0950. The van der Waals surface area contributed by atoms with E-state index in [-0.39, 0.29) is 22.8 Å². The number of anilines is 1. The summed E-state index contributed by atoms with van der Waals surface area (Å²) in [7, 11) is -2.61. The summed E-state index contributed by atoms with van der Waals surface area (Å²) >= 11 is 0. The average molecular weight is 469 g/mol. The smallest absolute Gasteiger partial charge is 0.265 e. The molecule has 9 heteroatoms. The van der Waals surface area contributed by atoms with E-state index in [4.69, 9.17) is 14.2 Å². The lowest BCUT2D eigenvalue weighted by Crippen LogP contribution is -2.24. The van der Waals surface area contributed by atoms with Crippen LogP contribution < -0.4 is 24.2 Å². The average Bonchev–Trinajstić information content (AvgIpc) is 2.83. The SMILES string of the molecule is COc1ccc(C(=O)NCc2ccc3c(c2)OCCO3)cc1S(=O)(=O)Nc1ccc(C)cc1. The second kappa shape index (κ2) is 9.41. The number of rotatable bonds is 7. The van der Waals surface area contributed by atoms with Crippen molar-refractivity contribution in [2.24, 2.45) is 0 Å². The van der Waals surface area contributed by atoms with E-state index in [9.17, 15) is 13.2 Å². The normalized spacial score (nSPS) is 12.7. The molecule has 0 bridgehead atoms. The summed E-state index contributed by atoms with van der Waals surface area (Å²) in [6, 6.07) is 16.7. The summed E-state index contributed by atoms with van der Waals surface area (Å²) in [6.07, 6.45) is 0. The number of hydrogen-bond acceptors (Lipinski definition) is 6. The van der Waals surface area contributed by atoms with Gasteiger partial charge in [-0.2, -0.15) is 0 Å². The Hall–Kier alpha value is -3.72. The van der Waals surface area contributed by atoms with Crippen molar-refractivity contribution >= 4 is 21.6 Å². The largest absolute Gasteiger partial charge is 0.495 e. The predicted octanol–water partition coefficient (Wildman–Crippen LogP) is 3.51. The zero-order valence-corrected chi connectivity index (χ0v) is 19.1. The molecule has 0 radical (unpaired) electrons. The number of sulfonamides is 1. The van der Waals surface area contributed by atoms with Gasteiger partial charge in [0.2, 0.25) is 0 Å². The van der Waals surface area contributed by atoms with E-state index in [0.29, 0.717) is 30.4 Å². The molecule has 0 spiro atoms. The Morgan fingerprint density at radius 3 is 2.42 bits per heavy atom. The lowest BCUT2D eigenvalue weighted by atomic mass is 10.1. The molecule has 1 aliphatic heterocycles. The molecule has 0 unspecified atom stereocenters. The van der Waals surface area contributed by atoms with Gasteiger partial charge in [-0.05, 0) is 55.0 Å². The second-order valence-electron chi connectivity index (χ2n) is 7.50. The highest BCUT2D eigenvalue weighted by Crippen LogP contribution is 2.31. The van der Waals surface area contributed by atoms with Crippen LogP contribution in [0.3, 0.4) is 0 Å². The summed E-state index contributed by atoms with van der Waals surface area (Å²) in [5, 5.41) is 2.80. The lowest BCUT2D eigenvalue weighted by Gasteiger charge is -2.19. The van der Waals surface area contributed by atoms with Crippen LogP contribution in [0.1, 0.15) is 21.5 Å². The molecule has 0 aliphatic carbocycles. The van der Waals surface area contributed by atoms with Gasteiger partial charge in [-0.25, -0.2) is 8.42 Å². The Kier molecular flexibility index (Phi) is 6.41. The minimum atomic E-state index is -3.99. The molecule has 0 aromatic heterocycles. The molecule has 172 valence electrons. The van der Waals surface area contributed by atoms with Crippen LogP contribution in [0, 0.1) is 6.92 Å². The number of aryl methyl sites for hydroxylation is 1. The van der Waals surface area contributed by atoms with Gasteiger partial charge in [0.05, 0.1) is 7.11 Å². The van der Waals surface area contributed by atoms with Crippen LogP contribution in [-0.4, -0.2) is 34.6 Å². The maximum atomic E-state index is 13.0. The van der Waals surface area contributed by atoms with E-state index in [0.717, 1.165) is 11.1 Å². The zero-order chi connectivity index (χ0) is 23.4. The Morgan fingerprint density at radius 2 is 1.70 bits per heavy atom. The maximum Gasteiger partial charge on any atom is 0.265 e. The van der Waals surface area contributed by atoms with E-state index in [1.807, 2.05) is 19.1 Å². The summed E-state index contributed by atoms with van der Waals surface area (Å²) in [4.78, 5) is 12.6. The summed E-state index contributed by atoms with van der Waals surface area (Å²) in [6.45, 7) is 3.13. The molecule has 1 amide bonds. The summed E-state index contributed by atoms with van der Waals surface area (Å²) < 4.78 is 44.8. The van der Waals surface area contributed by atoms with Crippen molar-refractivity contribution < 1.29 is 27.4 Å². The predicted molar refractivity (Wildman–Crippen MR) is 124 cm³/mol. The zero-order valence-electron chi connectivity index (χ0n) is 18.3. The molecule has 33 heavy (non-hydrogen) atoms.